The van der Waals surface area contributed by atoms with E-state index in [4.69, 9.17) is 5.11 Å². The summed E-state index contributed by atoms with van der Waals surface area (Å²) in [6.45, 7) is 6.70. The third-order valence-corrected chi connectivity index (χ3v) is 4.77. The minimum atomic E-state index is -0.604. The molecule has 1 saturated heterocycles. The first-order valence-corrected chi connectivity index (χ1v) is 6.97. The van der Waals surface area contributed by atoms with Crippen molar-refractivity contribution >= 4 is 5.97 Å². The Balaban J connectivity index is 1.93. The number of likely N-dealkylation sites (tertiary alicyclic amines) is 1. The zero-order chi connectivity index (χ0) is 12.5. The Morgan fingerprint density at radius 2 is 1.82 bits per heavy atom. The molecule has 0 aromatic heterocycles. The summed E-state index contributed by atoms with van der Waals surface area (Å²) in [6, 6.07) is 0.672. The number of rotatable bonds is 2. The standard InChI is InChI=1S/C14H25NO2/c1-14(2)8-4-3-5-12(14)15-9-6-11(7-10-15)13(16)17/h11-12H,3-10H2,1-2H3,(H,16,17). The molecule has 0 spiro atoms. The topological polar surface area (TPSA) is 40.5 Å². The summed E-state index contributed by atoms with van der Waals surface area (Å²) in [5.74, 6) is -0.703. The van der Waals surface area contributed by atoms with Gasteiger partial charge in [-0.15, -0.1) is 0 Å². The van der Waals surface area contributed by atoms with Gasteiger partial charge in [-0.25, -0.2) is 0 Å². The van der Waals surface area contributed by atoms with Crippen LogP contribution < -0.4 is 0 Å². The maximum absolute atomic E-state index is 10.9. The van der Waals surface area contributed by atoms with E-state index in [0.717, 1.165) is 25.9 Å². The number of aliphatic carboxylic acids is 1. The van der Waals surface area contributed by atoms with Gasteiger partial charge in [0.25, 0.3) is 0 Å². The number of carbonyl (C=O) groups is 1. The van der Waals surface area contributed by atoms with Gasteiger partial charge in [0.2, 0.25) is 0 Å². The average Bonchev–Trinajstić information content (AvgIpc) is 2.28. The van der Waals surface area contributed by atoms with Crippen LogP contribution in [0.15, 0.2) is 0 Å². The molecule has 2 fully saturated rings. The molecular weight excluding hydrogens is 214 g/mol. The minimum Gasteiger partial charge on any atom is -0.481 e. The van der Waals surface area contributed by atoms with E-state index in [2.05, 4.69) is 18.7 Å². The van der Waals surface area contributed by atoms with Gasteiger partial charge in [-0.1, -0.05) is 26.7 Å². The Morgan fingerprint density at radius 1 is 1.18 bits per heavy atom. The lowest BCUT2D eigenvalue weighted by atomic mass is 9.72. The van der Waals surface area contributed by atoms with Crippen molar-refractivity contribution in [3.05, 3.63) is 0 Å². The Morgan fingerprint density at radius 3 is 2.35 bits per heavy atom. The van der Waals surface area contributed by atoms with E-state index in [1.54, 1.807) is 0 Å². The van der Waals surface area contributed by atoms with Gasteiger partial charge in [0, 0.05) is 6.04 Å². The van der Waals surface area contributed by atoms with E-state index in [1.165, 1.54) is 25.7 Å². The van der Waals surface area contributed by atoms with Crippen LogP contribution in [0.25, 0.3) is 0 Å². The zero-order valence-electron chi connectivity index (χ0n) is 11.1. The Kier molecular flexibility index (Phi) is 3.76. The Bertz CT molecular complexity index is 280. The molecule has 1 heterocycles. The van der Waals surface area contributed by atoms with E-state index in [1.807, 2.05) is 0 Å². The fraction of sp³-hybridized carbons (Fsp3) is 0.929. The van der Waals surface area contributed by atoms with Crippen LogP contribution in [0.2, 0.25) is 0 Å². The summed E-state index contributed by atoms with van der Waals surface area (Å²) in [5.41, 5.74) is 0.411. The molecule has 17 heavy (non-hydrogen) atoms. The van der Waals surface area contributed by atoms with Crippen molar-refractivity contribution in [2.24, 2.45) is 11.3 Å². The molecule has 98 valence electrons. The highest BCUT2D eigenvalue weighted by Gasteiger charge is 2.38. The van der Waals surface area contributed by atoms with Gasteiger partial charge in [-0.05, 0) is 44.2 Å². The van der Waals surface area contributed by atoms with Crippen LogP contribution in [0, 0.1) is 11.3 Å². The molecule has 0 radical (unpaired) electrons. The maximum Gasteiger partial charge on any atom is 0.306 e. The van der Waals surface area contributed by atoms with Crippen molar-refractivity contribution in [2.75, 3.05) is 13.1 Å². The summed E-state index contributed by atoms with van der Waals surface area (Å²) in [6.07, 6.45) is 6.98. The van der Waals surface area contributed by atoms with Crippen molar-refractivity contribution < 1.29 is 9.90 Å². The lowest BCUT2D eigenvalue weighted by molar-refractivity contribution is -0.143. The largest absolute Gasteiger partial charge is 0.481 e. The lowest BCUT2D eigenvalue weighted by Crippen LogP contribution is -2.50. The number of piperidine rings is 1. The first kappa shape index (κ1) is 12.9. The van der Waals surface area contributed by atoms with Crippen LogP contribution in [-0.2, 0) is 4.79 Å². The van der Waals surface area contributed by atoms with E-state index in [-0.39, 0.29) is 5.92 Å². The van der Waals surface area contributed by atoms with Crippen LogP contribution in [0.4, 0.5) is 0 Å². The molecule has 1 N–H and O–H groups in total. The summed E-state index contributed by atoms with van der Waals surface area (Å²) < 4.78 is 0. The van der Waals surface area contributed by atoms with Gasteiger partial charge in [-0.2, -0.15) is 0 Å². The van der Waals surface area contributed by atoms with E-state index in [9.17, 15) is 4.79 Å². The predicted molar refractivity (Wildman–Crippen MR) is 68.0 cm³/mol. The molecule has 1 atom stereocenters. The smallest absolute Gasteiger partial charge is 0.306 e. The molecule has 3 nitrogen and oxygen atoms in total. The molecular formula is C14H25NO2. The highest BCUT2D eigenvalue weighted by atomic mass is 16.4. The number of carboxylic acid groups (broad SMARTS) is 1. The second kappa shape index (κ2) is 4.97. The normalized spacial score (nSPS) is 31.3. The number of hydrogen-bond donors (Lipinski definition) is 1. The van der Waals surface area contributed by atoms with Crippen molar-refractivity contribution in [2.45, 2.75) is 58.4 Å². The zero-order valence-corrected chi connectivity index (χ0v) is 11.1. The van der Waals surface area contributed by atoms with Gasteiger partial charge in [0.15, 0.2) is 0 Å². The van der Waals surface area contributed by atoms with Crippen molar-refractivity contribution in [1.29, 1.82) is 0 Å². The molecule has 0 aromatic rings. The summed E-state index contributed by atoms with van der Waals surface area (Å²) in [7, 11) is 0. The maximum atomic E-state index is 10.9. The summed E-state index contributed by atoms with van der Waals surface area (Å²) >= 11 is 0. The highest BCUT2D eigenvalue weighted by molar-refractivity contribution is 5.70. The summed E-state index contributed by atoms with van der Waals surface area (Å²) in [5, 5.41) is 9.02. The average molecular weight is 239 g/mol. The molecule has 1 aliphatic heterocycles. The quantitative estimate of drug-likeness (QED) is 0.805. The first-order valence-electron chi connectivity index (χ1n) is 6.97. The SMILES string of the molecule is CC1(C)CCCCC1N1CCC(C(=O)O)CC1. The van der Waals surface area contributed by atoms with Gasteiger partial charge in [-0.3, -0.25) is 9.69 Å². The first-order chi connectivity index (χ1) is 8.00. The summed E-state index contributed by atoms with van der Waals surface area (Å²) in [4.78, 5) is 13.5. The van der Waals surface area contributed by atoms with Crippen LogP contribution in [0.3, 0.4) is 0 Å². The van der Waals surface area contributed by atoms with Crippen LogP contribution >= 0.6 is 0 Å². The third-order valence-electron chi connectivity index (χ3n) is 4.77. The fourth-order valence-corrected chi connectivity index (χ4v) is 3.61. The molecule has 3 heteroatoms. The fourth-order valence-electron chi connectivity index (χ4n) is 3.61. The molecule has 1 aliphatic carbocycles. The predicted octanol–water partition coefficient (Wildman–Crippen LogP) is 2.75. The molecule has 0 aromatic carbocycles. The molecule has 2 rings (SSSR count). The van der Waals surface area contributed by atoms with Crippen molar-refractivity contribution in [3.8, 4) is 0 Å². The lowest BCUT2D eigenvalue weighted by Gasteiger charge is -2.47. The molecule has 0 amide bonds. The van der Waals surface area contributed by atoms with Crippen molar-refractivity contribution in [1.82, 2.24) is 4.90 Å². The Hall–Kier alpha value is -0.570. The van der Waals surface area contributed by atoms with Gasteiger partial charge in [0.05, 0.1) is 5.92 Å². The van der Waals surface area contributed by atoms with E-state index in [0.29, 0.717) is 11.5 Å². The second-order valence-corrected chi connectivity index (χ2v) is 6.40. The minimum absolute atomic E-state index is 0.0991. The molecule has 1 unspecified atom stereocenters. The number of hydrogen-bond acceptors (Lipinski definition) is 2. The van der Waals surface area contributed by atoms with Crippen LogP contribution in [-0.4, -0.2) is 35.1 Å². The van der Waals surface area contributed by atoms with Crippen molar-refractivity contribution in [3.63, 3.8) is 0 Å². The number of nitrogens with zero attached hydrogens (tertiary/aromatic N) is 1. The third kappa shape index (κ3) is 2.82. The molecule has 0 bridgehead atoms. The van der Waals surface area contributed by atoms with E-state index >= 15 is 0 Å². The van der Waals surface area contributed by atoms with Crippen LogP contribution in [0.5, 0.6) is 0 Å². The number of carboxylic acids is 1. The monoisotopic (exact) mass is 239 g/mol. The molecule has 1 saturated carbocycles. The molecule has 2 aliphatic rings. The highest BCUT2D eigenvalue weighted by Crippen LogP contribution is 2.39. The Labute approximate surface area is 104 Å². The van der Waals surface area contributed by atoms with Crippen LogP contribution in [0.1, 0.15) is 52.4 Å². The van der Waals surface area contributed by atoms with Gasteiger partial charge in [0.1, 0.15) is 0 Å². The van der Waals surface area contributed by atoms with Gasteiger partial charge >= 0.3 is 5.97 Å². The second-order valence-electron chi connectivity index (χ2n) is 6.40. The van der Waals surface area contributed by atoms with Gasteiger partial charge < -0.3 is 5.11 Å². The van der Waals surface area contributed by atoms with E-state index < -0.39 is 5.97 Å².